The zero-order valence-electron chi connectivity index (χ0n) is 14.9. The summed E-state index contributed by atoms with van der Waals surface area (Å²) >= 11 is 0. The van der Waals surface area contributed by atoms with E-state index in [0.717, 1.165) is 10.4 Å². The van der Waals surface area contributed by atoms with E-state index in [1.165, 1.54) is 26.1 Å². The van der Waals surface area contributed by atoms with Gasteiger partial charge in [-0.05, 0) is 58.4 Å². The van der Waals surface area contributed by atoms with Gasteiger partial charge in [-0.15, -0.1) is 0 Å². The monoisotopic (exact) mass is 360 g/mol. The van der Waals surface area contributed by atoms with Gasteiger partial charge in [0.15, 0.2) is 0 Å². The fraction of sp³-hybridized carbons (Fsp3) is 0.562. The topological polar surface area (TPSA) is 75.7 Å². The number of hydrogen-bond acceptors (Lipinski definition) is 4. The molecule has 1 rings (SSSR count). The molecule has 0 bridgehead atoms. The molecule has 0 saturated carbocycles. The van der Waals surface area contributed by atoms with Crippen LogP contribution in [0, 0.1) is 12.7 Å². The van der Waals surface area contributed by atoms with Crippen molar-refractivity contribution in [2.24, 2.45) is 0 Å². The Balaban J connectivity index is 2.79. The number of sulfonamides is 1. The molecule has 1 atom stereocenters. The van der Waals surface area contributed by atoms with Crippen LogP contribution < -0.4 is 5.32 Å². The van der Waals surface area contributed by atoms with Gasteiger partial charge in [-0.1, -0.05) is 0 Å². The van der Waals surface area contributed by atoms with Crippen LogP contribution in [0.5, 0.6) is 0 Å². The first kappa shape index (κ1) is 20.4. The van der Waals surface area contributed by atoms with Crippen LogP contribution in [0.2, 0.25) is 0 Å². The Morgan fingerprint density at radius 2 is 1.96 bits per heavy atom. The van der Waals surface area contributed by atoms with Gasteiger partial charge in [0, 0.05) is 19.6 Å². The van der Waals surface area contributed by atoms with Gasteiger partial charge in [0.05, 0.1) is 4.90 Å². The fourth-order valence-electron chi connectivity index (χ4n) is 2.11. The zero-order valence-corrected chi connectivity index (χ0v) is 15.7. The first-order chi connectivity index (χ1) is 10.8. The van der Waals surface area contributed by atoms with Gasteiger partial charge < -0.3 is 10.1 Å². The molecule has 0 heterocycles. The molecule has 0 aliphatic rings. The van der Waals surface area contributed by atoms with Gasteiger partial charge in [-0.3, -0.25) is 0 Å². The van der Waals surface area contributed by atoms with Gasteiger partial charge in [0.2, 0.25) is 10.0 Å². The molecule has 24 heavy (non-hydrogen) atoms. The van der Waals surface area contributed by atoms with Crippen LogP contribution in [-0.4, -0.2) is 44.1 Å². The molecular formula is C16H25FN2O4S. The average molecular weight is 360 g/mol. The number of hydrogen-bond donors (Lipinski definition) is 1. The smallest absolute Gasteiger partial charge is 0.407 e. The summed E-state index contributed by atoms with van der Waals surface area (Å²) in [7, 11) is -2.37. The molecule has 0 saturated heterocycles. The van der Waals surface area contributed by atoms with Crippen molar-refractivity contribution in [3.8, 4) is 0 Å². The molecule has 1 aromatic rings. The quantitative estimate of drug-likeness (QED) is 0.876. The summed E-state index contributed by atoms with van der Waals surface area (Å²) < 4.78 is 44.6. The highest BCUT2D eigenvalue weighted by atomic mass is 32.2. The highest BCUT2D eigenvalue weighted by molar-refractivity contribution is 7.89. The highest BCUT2D eigenvalue weighted by Gasteiger charge is 2.25. The molecule has 0 aromatic heterocycles. The third kappa shape index (κ3) is 5.76. The Hall–Kier alpha value is -1.67. The van der Waals surface area contributed by atoms with E-state index in [1.807, 2.05) is 0 Å². The first-order valence-electron chi connectivity index (χ1n) is 7.55. The minimum atomic E-state index is -3.78. The lowest BCUT2D eigenvalue weighted by molar-refractivity contribution is 0.0504. The molecular weight excluding hydrogens is 335 g/mol. The maximum Gasteiger partial charge on any atom is 0.407 e. The van der Waals surface area contributed by atoms with Crippen molar-refractivity contribution in [3.63, 3.8) is 0 Å². The summed E-state index contributed by atoms with van der Waals surface area (Å²) in [5.41, 5.74) is -0.304. The molecule has 0 unspecified atom stereocenters. The Labute approximate surface area is 143 Å². The third-order valence-corrected chi connectivity index (χ3v) is 5.10. The maximum absolute atomic E-state index is 13.2. The van der Waals surface area contributed by atoms with Crippen molar-refractivity contribution in [1.82, 2.24) is 9.62 Å². The van der Waals surface area contributed by atoms with Crippen molar-refractivity contribution >= 4 is 16.1 Å². The van der Waals surface area contributed by atoms with E-state index in [4.69, 9.17) is 4.74 Å². The van der Waals surface area contributed by atoms with Crippen LogP contribution in [0.25, 0.3) is 0 Å². The SMILES string of the molecule is Cc1cc(F)ccc1S(=O)(=O)N(C)C[C@@H](C)NC(=O)OC(C)(C)C. The number of amides is 1. The van der Waals surface area contributed by atoms with Crippen LogP contribution in [-0.2, 0) is 14.8 Å². The first-order valence-corrected chi connectivity index (χ1v) is 8.99. The Morgan fingerprint density at radius 1 is 1.38 bits per heavy atom. The predicted octanol–water partition coefficient (Wildman–Crippen LogP) is 2.67. The molecule has 0 fully saturated rings. The summed E-state index contributed by atoms with van der Waals surface area (Å²) in [5, 5.41) is 2.59. The summed E-state index contributed by atoms with van der Waals surface area (Å²) in [6, 6.07) is 3.06. The number of alkyl carbamates (subject to hydrolysis) is 1. The van der Waals surface area contributed by atoms with E-state index in [0.29, 0.717) is 5.56 Å². The van der Waals surface area contributed by atoms with Crippen molar-refractivity contribution < 1.29 is 22.3 Å². The van der Waals surface area contributed by atoms with E-state index in [9.17, 15) is 17.6 Å². The van der Waals surface area contributed by atoms with Crippen molar-refractivity contribution in [2.45, 2.75) is 51.2 Å². The average Bonchev–Trinajstić information content (AvgIpc) is 2.34. The number of halogens is 1. The lowest BCUT2D eigenvalue weighted by Crippen LogP contribution is -2.44. The number of rotatable bonds is 5. The minimum Gasteiger partial charge on any atom is -0.444 e. The Morgan fingerprint density at radius 3 is 2.46 bits per heavy atom. The van der Waals surface area contributed by atoms with Crippen molar-refractivity contribution in [2.75, 3.05) is 13.6 Å². The molecule has 0 radical (unpaired) electrons. The highest BCUT2D eigenvalue weighted by Crippen LogP contribution is 2.20. The second kappa shape index (κ2) is 7.48. The molecule has 0 aliphatic heterocycles. The fourth-order valence-corrected chi connectivity index (χ4v) is 3.57. The van der Waals surface area contributed by atoms with E-state index in [2.05, 4.69) is 5.32 Å². The lowest BCUT2D eigenvalue weighted by atomic mass is 10.2. The molecule has 136 valence electrons. The molecule has 1 N–H and O–H groups in total. The predicted molar refractivity (Wildman–Crippen MR) is 89.8 cm³/mol. The number of benzene rings is 1. The van der Waals surface area contributed by atoms with Gasteiger partial charge in [0.1, 0.15) is 11.4 Å². The van der Waals surface area contributed by atoms with Crippen LogP contribution in [0.1, 0.15) is 33.3 Å². The number of carbonyl (C=O) groups excluding carboxylic acids is 1. The van der Waals surface area contributed by atoms with Crippen LogP contribution in [0.4, 0.5) is 9.18 Å². The second-order valence-electron chi connectivity index (χ2n) is 6.74. The summed E-state index contributed by atoms with van der Waals surface area (Å²) in [6.45, 7) is 8.49. The summed E-state index contributed by atoms with van der Waals surface area (Å²) in [5.74, 6) is -0.492. The van der Waals surface area contributed by atoms with Gasteiger partial charge >= 0.3 is 6.09 Å². The molecule has 0 aliphatic carbocycles. The van der Waals surface area contributed by atoms with E-state index in [-0.39, 0.29) is 11.4 Å². The van der Waals surface area contributed by atoms with Crippen molar-refractivity contribution in [3.05, 3.63) is 29.6 Å². The van der Waals surface area contributed by atoms with Crippen LogP contribution in [0.3, 0.4) is 0 Å². The number of nitrogens with one attached hydrogen (secondary N) is 1. The Kier molecular flexibility index (Phi) is 6.35. The number of ether oxygens (including phenoxy) is 1. The molecule has 0 spiro atoms. The summed E-state index contributed by atoms with van der Waals surface area (Å²) in [6.07, 6.45) is -0.612. The number of nitrogens with zero attached hydrogens (tertiary/aromatic N) is 1. The molecule has 8 heteroatoms. The van der Waals surface area contributed by atoms with Gasteiger partial charge in [0.25, 0.3) is 0 Å². The van der Waals surface area contributed by atoms with Crippen LogP contribution >= 0.6 is 0 Å². The maximum atomic E-state index is 13.2. The zero-order chi connectivity index (χ0) is 18.7. The van der Waals surface area contributed by atoms with E-state index < -0.39 is 33.6 Å². The van der Waals surface area contributed by atoms with Crippen molar-refractivity contribution in [1.29, 1.82) is 0 Å². The van der Waals surface area contributed by atoms with E-state index in [1.54, 1.807) is 27.7 Å². The number of aryl methyl sites for hydroxylation is 1. The van der Waals surface area contributed by atoms with Gasteiger partial charge in [-0.2, -0.15) is 4.31 Å². The lowest BCUT2D eigenvalue weighted by Gasteiger charge is -2.25. The largest absolute Gasteiger partial charge is 0.444 e. The van der Waals surface area contributed by atoms with Crippen LogP contribution in [0.15, 0.2) is 23.1 Å². The molecule has 6 nitrogen and oxygen atoms in total. The third-order valence-electron chi connectivity index (χ3n) is 3.12. The number of carbonyl (C=O) groups is 1. The standard InChI is InChI=1S/C16H25FN2O4S/c1-11-9-13(17)7-8-14(11)24(21,22)19(6)10-12(2)18-15(20)23-16(3,4)5/h7-9,12H,10H2,1-6H3,(H,18,20)/t12-/m1/s1. The van der Waals surface area contributed by atoms with E-state index >= 15 is 0 Å². The normalized spacial score (nSPS) is 13.7. The molecule has 1 amide bonds. The minimum absolute atomic E-state index is 0.0378. The van der Waals surface area contributed by atoms with Gasteiger partial charge in [-0.25, -0.2) is 17.6 Å². The Bertz CT molecular complexity index is 699. The second-order valence-corrected chi connectivity index (χ2v) is 8.76. The molecule has 1 aromatic carbocycles. The summed E-state index contributed by atoms with van der Waals surface area (Å²) in [4.78, 5) is 11.8. The number of likely N-dealkylation sites (N-methyl/N-ethyl adjacent to an activating group) is 1.